The summed E-state index contributed by atoms with van der Waals surface area (Å²) in [5, 5.41) is 2.60. The van der Waals surface area contributed by atoms with E-state index in [4.69, 9.17) is 5.73 Å². The van der Waals surface area contributed by atoms with Crippen molar-refractivity contribution in [3.05, 3.63) is 36.5 Å². The lowest BCUT2D eigenvalue weighted by Gasteiger charge is -2.18. The molecule has 5 nitrogen and oxygen atoms in total. The SMILES string of the molecule is CC(=O)N(C(=O)N/C=C/C1CC1)c1cccc(N)c1. The van der Waals surface area contributed by atoms with Crippen molar-refractivity contribution in [1.29, 1.82) is 0 Å². The smallest absolute Gasteiger partial charge is 0.332 e. The zero-order valence-electron chi connectivity index (χ0n) is 10.8. The Balaban J connectivity index is 2.10. The molecule has 1 fully saturated rings. The van der Waals surface area contributed by atoms with Crippen molar-refractivity contribution in [1.82, 2.24) is 5.32 Å². The van der Waals surface area contributed by atoms with Gasteiger partial charge in [0.25, 0.3) is 0 Å². The summed E-state index contributed by atoms with van der Waals surface area (Å²) in [7, 11) is 0. The van der Waals surface area contributed by atoms with Crippen molar-refractivity contribution < 1.29 is 9.59 Å². The largest absolute Gasteiger partial charge is 0.399 e. The fourth-order valence-electron chi connectivity index (χ4n) is 1.71. The van der Waals surface area contributed by atoms with Crippen molar-refractivity contribution in [2.24, 2.45) is 5.92 Å². The minimum atomic E-state index is -0.477. The van der Waals surface area contributed by atoms with Crippen LogP contribution in [0.1, 0.15) is 19.8 Å². The molecule has 1 aromatic carbocycles. The maximum absolute atomic E-state index is 12.0. The van der Waals surface area contributed by atoms with E-state index in [2.05, 4.69) is 5.32 Å². The molecule has 1 aliphatic rings. The monoisotopic (exact) mass is 259 g/mol. The van der Waals surface area contributed by atoms with Gasteiger partial charge in [-0.2, -0.15) is 0 Å². The first-order valence-corrected chi connectivity index (χ1v) is 6.21. The second-order valence-corrected chi connectivity index (χ2v) is 4.60. The van der Waals surface area contributed by atoms with E-state index in [0.29, 0.717) is 17.3 Å². The van der Waals surface area contributed by atoms with Gasteiger partial charge >= 0.3 is 6.03 Å². The Morgan fingerprint density at radius 2 is 2.16 bits per heavy atom. The van der Waals surface area contributed by atoms with Crippen LogP contribution >= 0.6 is 0 Å². The number of imide groups is 1. The number of nitrogens with zero attached hydrogens (tertiary/aromatic N) is 1. The number of hydrogen-bond acceptors (Lipinski definition) is 3. The second-order valence-electron chi connectivity index (χ2n) is 4.60. The summed E-state index contributed by atoms with van der Waals surface area (Å²) in [6.45, 7) is 1.34. The number of urea groups is 1. The summed E-state index contributed by atoms with van der Waals surface area (Å²) in [6, 6.07) is 6.18. The maximum atomic E-state index is 12.0. The minimum Gasteiger partial charge on any atom is -0.399 e. The first-order chi connectivity index (χ1) is 9.08. The third-order valence-electron chi connectivity index (χ3n) is 2.84. The molecule has 0 radical (unpaired) electrons. The van der Waals surface area contributed by atoms with Crippen molar-refractivity contribution in [2.75, 3.05) is 10.6 Å². The molecule has 0 spiro atoms. The molecule has 0 heterocycles. The third kappa shape index (κ3) is 3.58. The van der Waals surface area contributed by atoms with Gasteiger partial charge in [-0.1, -0.05) is 12.1 Å². The standard InChI is InChI=1S/C14H17N3O2/c1-10(18)17(13-4-2-3-12(15)9-13)14(19)16-8-7-11-5-6-11/h2-4,7-9,11H,5-6,15H2,1H3,(H,16,19)/b8-7+. The van der Waals surface area contributed by atoms with E-state index in [1.165, 1.54) is 6.92 Å². The van der Waals surface area contributed by atoms with Crippen LogP contribution in [0, 0.1) is 5.92 Å². The van der Waals surface area contributed by atoms with Crippen molar-refractivity contribution in [2.45, 2.75) is 19.8 Å². The average Bonchev–Trinajstić information content (AvgIpc) is 3.13. The van der Waals surface area contributed by atoms with E-state index >= 15 is 0 Å². The Kier molecular flexibility index (Phi) is 3.85. The number of nitrogens with one attached hydrogen (secondary N) is 1. The van der Waals surface area contributed by atoms with E-state index < -0.39 is 6.03 Å². The summed E-state index contributed by atoms with van der Waals surface area (Å²) in [5.41, 5.74) is 6.63. The topological polar surface area (TPSA) is 75.4 Å². The number of carbonyl (C=O) groups excluding carboxylic acids is 2. The van der Waals surface area contributed by atoms with Crippen LogP contribution in [0.25, 0.3) is 0 Å². The highest BCUT2D eigenvalue weighted by Gasteiger charge is 2.20. The summed E-state index contributed by atoms with van der Waals surface area (Å²) >= 11 is 0. The zero-order valence-corrected chi connectivity index (χ0v) is 10.8. The number of anilines is 2. The molecular formula is C14H17N3O2. The summed E-state index contributed by atoms with van der Waals surface area (Å²) in [4.78, 5) is 24.7. The van der Waals surface area contributed by atoms with Crippen LogP contribution in [0.2, 0.25) is 0 Å². The van der Waals surface area contributed by atoms with Crippen LogP contribution in [0.15, 0.2) is 36.5 Å². The van der Waals surface area contributed by atoms with Gasteiger partial charge in [-0.05, 0) is 37.0 Å². The highest BCUT2D eigenvalue weighted by Crippen LogP contribution is 2.29. The number of amides is 3. The lowest BCUT2D eigenvalue weighted by Crippen LogP contribution is -2.41. The molecule has 2 rings (SSSR count). The van der Waals surface area contributed by atoms with Crippen LogP contribution in [0.5, 0.6) is 0 Å². The van der Waals surface area contributed by atoms with Gasteiger partial charge in [-0.25, -0.2) is 9.69 Å². The van der Waals surface area contributed by atoms with Gasteiger partial charge in [0.1, 0.15) is 0 Å². The molecule has 0 atom stereocenters. The molecule has 1 saturated carbocycles. The van der Waals surface area contributed by atoms with E-state index in [-0.39, 0.29) is 5.91 Å². The molecule has 5 heteroatoms. The van der Waals surface area contributed by atoms with E-state index in [1.807, 2.05) is 6.08 Å². The fraction of sp³-hybridized carbons (Fsp3) is 0.286. The Morgan fingerprint density at radius 1 is 1.42 bits per heavy atom. The van der Waals surface area contributed by atoms with E-state index in [9.17, 15) is 9.59 Å². The second kappa shape index (κ2) is 5.56. The first-order valence-electron chi connectivity index (χ1n) is 6.21. The number of rotatable bonds is 3. The van der Waals surface area contributed by atoms with Crippen LogP contribution in [0.4, 0.5) is 16.2 Å². The zero-order chi connectivity index (χ0) is 13.8. The van der Waals surface area contributed by atoms with E-state index in [0.717, 1.165) is 17.7 Å². The van der Waals surface area contributed by atoms with Crippen LogP contribution in [0.3, 0.4) is 0 Å². The van der Waals surface area contributed by atoms with Gasteiger partial charge in [-0.15, -0.1) is 0 Å². The van der Waals surface area contributed by atoms with Crippen molar-refractivity contribution in [3.63, 3.8) is 0 Å². The molecule has 19 heavy (non-hydrogen) atoms. The highest BCUT2D eigenvalue weighted by molar-refractivity contribution is 6.13. The molecular weight excluding hydrogens is 242 g/mol. The lowest BCUT2D eigenvalue weighted by atomic mass is 10.2. The molecule has 0 unspecified atom stereocenters. The molecule has 3 amide bonds. The number of nitrogen functional groups attached to an aromatic ring is 1. The van der Waals surface area contributed by atoms with Crippen molar-refractivity contribution in [3.8, 4) is 0 Å². The first kappa shape index (κ1) is 13.1. The van der Waals surface area contributed by atoms with Crippen molar-refractivity contribution >= 4 is 23.3 Å². The number of benzene rings is 1. The van der Waals surface area contributed by atoms with Gasteiger partial charge < -0.3 is 11.1 Å². The van der Waals surface area contributed by atoms with Gasteiger partial charge in [0.15, 0.2) is 0 Å². The summed E-state index contributed by atoms with van der Waals surface area (Å²) in [5.74, 6) is 0.210. The molecule has 1 aliphatic carbocycles. The van der Waals surface area contributed by atoms with Crippen LogP contribution < -0.4 is 16.0 Å². The molecule has 0 aliphatic heterocycles. The number of carbonyl (C=O) groups is 2. The van der Waals surface area contributed by atoms with Crippen LogP contribution in [-0.4, -0.2) is 11.9 Å². The molecule has 3 N–H and O–H groups in total. The maximum Gasteiger partial charge on any atom is 0.332 e. The molecule has 0 saturated heterocycles. The van der Waals surface area contributed by atoms with Gasteiger partial charge in [0.05, 0.1) is 5.69 Å². The van der Waals surface area contributed by atoms with Gasteiger partial charge in [-0.3, -0.25) is 4.79 Å². The Hall–Kier alpha value is -2.30. The van der Waals surface area contributed by atoms with Gasteiger partial charge in [0.2, 0.25) is 5.91 Å². The lowest BCUT2D eigenvalue weighted by molar-refractivity contribution is -0.115. The predicted molar refractivity (Wildman–Crippen MR) is 74.4 cm³/mol. The normalized spacial score (nSPS) is 14.4. The third-order valence-corrected chi connectivity index (χ3v) is 2.84. The average molecular weight is 259 g/mol. The quantitative estimate of drug-likeness (QED) is 0.817. The summed E-state index contributed by atoms with van der Waals surface area (Å²) in [6.07, 6.45) is 5.87. The Labute approximate surface area is 112 Å². The summed E-state index contributed by atoms with van der Waals surface area (Å²) < 4.78 is 0. The Morgan fingerprint density at radius 3 is 2.74 bits per heavy atom. The highest BCUT2D eigenvalue weighted by atomic mass is 16.2. The Bertz CT molecular complexity index is 521. The number of hydrogen-bond donors (Lipinski definition) is 2. The predicted octanol–water partition coefficient (Wildman–Crippen LogP) is 2.25. The molecule has 1 aromatic rings. The number of allylic oxidation sites excluding steroid dienone is 1. The molecule has 100 valence electrons. The minimum absolute atomic E-state index is 0.358. The number of nitrogens with two attached hydrogens (primary N) is 1. The molecule has 0 bridgehead atoms. The van der Waals surface area contributed by atoms with Gasteiger partial charge in [0, 0.05) is 18.8 Å². The molecule has 0 aromatic heterocycles. The fourth-order valence-corrected chi connectivity index (χ4v) is 1.71. The van der Waals surface area contributed by atoms with E-state index in [1.54, 1.807) is 30.5 Å². The van der Waals surface area contributed by atoms with Crippen LogP contribution in [-0.2, 0) is 4.79 Å².